The predicted octanol–water partition coefficient (Wildman–Crippen LogP) is 3.90. The van der Waals surface area contributed by atoms with E-state index in [-0.39, 0.29) is 5.60 Å². The molecule has 1 fully saturated rings. The Hall–Kier alpha value is -0.580. The summed E-state index contributed by atoms with van der Waals surface area (Å²) in [6, 6.07) is 6.18. The van der Waals surface area contributed by atoms with Crippen molar-refractivity contribution in [2.24, 2.45) is 0 Å². The van der Waals surface area contributed by atoms with E-state index in [1.165, 1.54) is 12.0 Å². The van der Waals surface area contributed by atoms with Crippen molar-refractivity contribution in [3.63, 3.8) is 0 Å². The Labute approximate surface area is 130 Å². The van der Waals surface area contributed by atoms with E-state index in [1.54, 1.807) is 0 Å². The van der Waals surface area contributed by atoms with Gasteiger partial charge < -0.3 is 14.8 Å². The van der Waals surface area contributed by atoms with E-state index in [0.717, 1.165) is 49.4 Å². The van der Waals surface area contributed by atoms with Gasteiger partial charge in [0, 0.05) is 29.7 Å². The Morgan fingerprint density at radius 2 is 2.30 bits per heavy atom. The molecule has 0 spiro atoms. The average molecular weight is 342 g/mol. The zero-order valence-electron chi connectivity index (χ0n) is 12.4. The molecule has 0 saturated carbocycles. The van der Waals surface area contributed by atoms with Gasteiger partial charge in [-0.25, -0.2) is 0 Å². The molecule has 20 heavy (non-hydrogen) atoms. The molecule has 1 heterocycles. The molecule has 1 unspecified atom stereocenters. The van der Waals surface area contributed by atoms with Crippen LogP contribution in [0.1, 0.15) is 38.7 Å². The van der Waals surface area contributed by atoms with Crippen molar-refractivity contribution in [3.8, 4) is 5.75 Å². The molecule has 1 aliphatic heterocycles. The first-order valence-electron chi connectivity index (χ1n) is 7.39. The quantitative estimate of drug-likeness (QED) is 0.815. The lowest BCUT2D eigenvalue weighted by Crippen LogP contribution is -2.36. The highest BCUT2D eigenvalue weighted by Crippen LogP contribution is 2.26. The number of nitrogens with one attached hydrogen (secondary N) is 1. The Morgan fingerprint density at radius 3 is 3.00 bits per heavy atom. The number of ether oxygens (including phenoxy) is 2. The van der Waals surface area contributed by atoms with Crippen LogP contribution in [-0.4, -0.2) is 25.4 Å². The van der Waals surface area contributed by atoms with Gasteiger partial charge in [-0.15, -0.1) is 0 Å². The van der Waals surface area contributed by atoms with Gasteiger partial charge in [-0.1, -0.05) is 22.9 Å². The highest BCUT2D eigenvalue weighted by Gasteiger charge is 2.29. The second-order valence-electron chi connectivity index (χ2n) is 5.61. The number of benzene rings is 1. The van der Waals surface area contributed by atoms with Crippen LogP contribution < -0.4 is 10.1 Å². The summed E-state index contributed by atoms with van der Waals surface area (Å²) in [5.41, 5.74) is 1.19. The number of halogens is 1. The molecule has 0 amide bonds. The van der Waals surface area contributed by atoms with Crippen molar-refractivity contribution in [1.82, 2.24) is 5.32 Å². The molecule has 1 atom stereocenters. The summed E-state index contributed by atoms with van der Waals surface area (Å²) in [6.45, 7) is 7.64. The van der Waals surface area contributed by atoms with Crippen LogP contribution in [0.3, 0.4) is 0 Å². The molecule has 3 nitrogen and oxygen atoms in total. The Kier molecular flexibility index (Phi) is 5.87. The largest absolute Gasteiger partial charge is 0.493 e. The third-order valence-corrected chi connectivity index (χ3v) is 4.09. The monoisotopic (exact) mass is 341 g/mol. The van der Waals surface area contributed by atoms with Crippen LogP contribution in [0.2, 0.25) is 0 Å². The molecule has 1 aromatic carbocycles. The molecule has 1 aliphatic rings. The Morgan fingerprint density at radius 1 is 1.45 bits per heavy atom. The lowest BCUT2D eigenvalue weighted by Gasteiger charge is -2.23. The maximum absolute atomic E-state index is 5.80. The molecular weight excluding hydrogens is 318 g/mol. The standard InChI is InChI=1S/C16H24BrNO2/c1-3-8-19-15-6-5-14(17)10-13(15)11-18-12-16(2)7-4-9-20-16/h5-6,10,18H,3-4,7-9,11-12H2,1-2H3. The number of hydrogen-bond acceptors (Lipinski definition) is 3. The lowest BCUT2D eigenvalue weighted by molar-refractivity contribution is 0.0206. The number of hydrogen-bond donors (Lipinski definition) is 1. The second kappa shape index (κ2) is 7.43. The molecule has 1 saturated heterocycles. The van der Waals surface area contributed by atoms with E-state index in [9.17, 15) is 0 Å². The van der Waals surface area contributed by atoms with E-state index in [1.807, 2.05) is 12.1 Å². The molecule has 4 heteroatoms. The Bertz CT molecular complexity index is 430. The smallest absolute Gasteiger partial charge is 0.123 e. The molecule has 1 N–H and O–H groups in total. The van der Waals surface area contributed by atoms with Crippen molar-refractivity contribution in [3.05, 3.63) is 28.2 Å². The fourth-order valence-electron chi connectivity index (χ4n) is 2.48. The minimum Gasteiger partial charge on any atom is -0.493 e. The maximum Gasteiger partial charge on any atom is 0.123 e. The van der Waals surface area contributed by atoms with Gasteiger partial charge in [-0.3, -0.25) is 0 Å². The summed E-state index contributed by atoms with van der Waals surface area (Å²) in [4.78, 5) is 0. The van der Waals surface area contributed by atoms with Crippen LogP contribution >= 0.6 is 15.9 Å². The predicted molar refractivity (Wildman–Crippen MR) is 85.2 cm³/mol. The van der Waals surface area contributed by atoms with Gasteiger partial charge in [-0.2, -0.15) is 0 Å². The number of rotatable bonds is 7. The topological polar surface area (TPSA) is 30.5 Å². The first-order chi connectivity index (χ1) is 9.63. The van der Waals surface area contributed by atoms with Crippen molar-refractivity contribution in [1.29, 1.82) is 0 Å². The molecule has 0 aromatic heterocycles. The summed E-state index contributed by atoms with van der Waals surface area (Å²) in [5.74, 6) is 0.972. The summed E-state index contributed by atoms with van der Waals surface area (Å²) in [5, 5.41) is 3.50. The average Bonchev–Trinajstić information content (AvgIpc) is 2.85. The van der Waals surface area contributed by atoms with Crippen molar-refractivity contribution in [2.75, 3.05) is 19.8 Å². The van der Waals surface area contributed by atoms with Crippen LogP contribution in [0.25, 0.3) is 0 Å². The summed E-state index contributed by atoms with van der Waals surface area (Å²) >= 11 is 3.53. The van der Waals surface area contributed by atoms with Gasteiger partial charge in [0.2, 0.25) is 0 Å². The molecular formula is C16H24BrNO2. The van der Waals surface area contributed by atoms with Crippen LogP contribution in [0.4, 0.5) is 0 Å². The molecule has 112 valence electrons. The van der Waals surface area contributed by atoms with Gasteiger partial charge in [0.05, 0.1) is 12.2 Å². The van der Waals surface area contributed by atoms with Crippen molar-refractivity contribution >= 4 is 15.9 Å². The lowest BCUT2D eigenvalue weighted by atomic mass is 10.0. The normalized spacial score (nSPS) is 22.1. The fraction of sp³-hybridized carbons (Fsp3) is 0.625. The highest BCUT2D eigenvalue weighted by molar-refractivity contribution is 9.10. The summed E-state index contributed by atoms with van der Waals surface area (Å²) in [7, 11) is 0. The van der Waals surface area contributed by atoms with Gasteiger partial charge in [-0.05, 0) is 44.4 Å². The van der Waals surface area contributed by atoms with Gasteiger partial charge in [0.25, 0.3) is 0 Å². The minimum atomic E-state index is -0.00352. The first-order valence-corrected chi connectivity index (χ1v) is 8.18. The SMILES string of the molecule is CCCOc1ccc(Br)cc1CNCC1(C)CCCO1. The van der Waals surface area contributed by atoms with E-state index >= 15 is 0 Å². The van der Waals surface area contributed by atoms with Gasteiger partial charge >= 0.3 is 0 Å². The third-order valence-electron chi connectivity index (χ3n) is 3.60. The molecule has 0 bridgehead atoms. The molecule has 1 aromatic rings. The van der Waals surface area contributed by atoms with Crippen molar-refractivity contribution in [2.45, 2.75) is 45.3 Å². The van der Waals surface area contributed by atoms with Crippen LogP contribution in [0.15, 0.2) is 22.7 Å². The molecule has 0 radical (unpaired) electrons. The zero-order valence-corrected chi connectivity index (χ0v) is 14.0. The second-order valence-corrected chi connectivity index (χ2v) is 6.52. The first kappa shape index (κ1) is 15.8. The maximum atomic E-state index is 5.80. The van der Waals surface area contributed by atoms with E-state index in [0.29, 0.717) is 0 Å². The fourth-order valence-corrected chi connectivity index (χ4v) is 2.89. The van der Waals surface area contributed by atoms with Crippen LogP contribution in [-0.2, 0) is 11.3 Å². The van der Waals surface area contributed by atoms with E-state index < -0.39 is 0 Å². The molecule has 2 rings (SSSR count). The third kappa shape index (κ3) is 4.47. The van der Waals surface area contributed by atoms with Gasteiger partial charge in [0.15, 0.2) is 0 Å². The van der Waals surface area contributed by atoms with E-state index in [4.69, 9.17) is 9.47 Å². The molecule has 0 aliphatic carbocycles. The van der Waals surface area contributed by atoms with Gasteiger partial charge in [0.1, 0.15) is 5.75 Å². The minimum absolute atomic E-state index is 0.00352. The van der Waals surface area contributed by atoms with Crippen LogP contribution in [0.5, 0.6) is 5.75 Å². The summed E-state index contributed by atoms with van der Waals surface area (Å²) < 4.78 is 12.7. The Balaban J connectivity index is 1.91. The highest BCUT2D eigenvalue weighted by atomic mass is 79.9. The zero-order chi connectivity index (χ0) is 14.4. The van der Waals surface area contributed by atoms with Crippen LogP contribution in [0, 0.1) is 0 Å². The van der Waals surface area contributed by atoms with Crippen molar-refractivity contribution < 1.29 is 9.47 Å². The van der Waals surface area contributed by atoms with E-state index in [2.05, 4.69) is 41.2 Å². The summed E-state index contributed by atoms with van der Waals surface area (Å²) in [6.07, 6.45) is 3.33.